The van der Waals surface area contributed by atoms with E-state index in [1.807, 2.05) is 13.1 Å². The molecule has 0 atom stereocenters. The Balaban J connectivity index is 1.44. The summed E-state index contributed by atoms with van der Waals surface area (Å²) in [6.07, 6.45) is 10.0. The summed E-state index contributed by atoms with van der Waals surface area (Å²) in [6, 6.07) is 0. The Kier molecular flexibility index (Phi) is 3.90. The molecule has 4 aliphatic carbocycles. The van der Waals surface area contributed by atoms with Gasteiger partial charge in [-0.05, 0) is 80.8 Å². The van der Waals surface area contributed by atoms with Crippen molar-refractivity contribution in [3.8, 4) is 0 Å². The number of aromatic nitrogens is 3. The molecule has 4 fully saturated rings. The van der Waals surface area contributed by atoms with Crippen LogP contribution in [-0.2, 0) is 18.4 Å². The van der Waals surface area contributed by atoms with E-state index in [4.69, 9.17) is 12.2 Å². The Morgan fingerprint density at radius 1 is 1.33 bits per heavy atom. The molecule has 4 saturated carbocycles. The lowest BCUT2D eigenvalue weighted by molar-refractivity contribution is -0.117. The summed E-state index contributed by atoms with van der Waals surface area (Å²) in [4.78, 5) is 12.4. The van der Waals surface area contributed by atoms with Crippen LogP contribution >= 0.6 is 12.2 Å². The van der Waals surface area contributed by atoms with Gasteiger partial charge in [-0.1, -0.05) is 5.57 Å². The van der Waals surface area contributed by atoms with Crippen LogP contribution in [-0.4, -0.2) is 20.7 Å². The van der Waals surface area contributed by atoms with Crippen LogP contribution < -0.4 is 5.32 Å². The largest absolute Gasteiger partial charge is 0.345 e. The molecular formula is C18H26N4OS. The zero-order chi connectivity index (χ0) is 16.9. The molecule has 6 heteroatoms. The van der Waals surface area contributed by atoms with Crippen LogP contribution in [0.2, 0.25) is 0 Å². The number of H-pyrrole nitrogens is 1. The van der Waals surface area contributed by atoms with Crippen molar-refractivity contribution in [1.29, 1.82) is 0 Å². The summed E-state index contributed by atoms with van der Waals surface area (Å²) in [5, 5.41) is 9.82. The minimum atomic E-state index is -0.0165. The lowest BCUT2D eigenvalue weighted by Gasteiger charge is -2.57. The van der Waals surface area contributed by atoms with Gasteiger partial charge >= 0.3 is 0 Å². The van der Waals surface area contributed by atoms with Crippen LogP contribution in [0.5, 0.6) is 0 Å². The van der Waals surface area contributed by atoms with Gasteiger partial charge in [0.15, 0.2) is 10.6 Å². The Labute approximate surface area is 147 Å². The molecule has 130 valence electrons. The van der Waals surface area contributed by atoms with E-state index in [9.17, 15) is 4.79 Å². The first-order valence-corrected chi connectivity index (χ1v) is 9.43. The first-order chi connectivity index (χ1) is 11.4. The van der Waals surface area contributed by atoms with E-state index in [1.165, 1.54) is 44.1 Å². The number of hydrogen-bond acceptors (Lipinski definition) is 3. The second-order valence-electron chi connectivity index (χ2n) is 8.25. The van der Waals surface area contributed by atoms with Crippen LogP contribution in [0.3, 0.4) is 0 Å². The zero-order valence-electron chi connectivity index (χ0n) is 14.5. The number of carbonyl (C=O) groups is 1. The van der Waals surface area contributed by atoms with Crippen molar-refractivity contribution in [3.63, 3.8) is 0 Å². The molecule has 1 aromatic heterocycles. The molecule has 0 spiro atoms. The van der Waals surface area contributed by atoms with Gasteiger partial charge < -0.3 is 9.88 Å². The average molecular weight is 347 g/mol. The summed E-state index contributed by atoms with van der Waals surface area (Å²) in [5.41, 5.74) is 1.59. The topological polar surface area (TPSA) is 62.7 Å². The highest BCUT2D eigenvalue weighted by atomic mass is 32.1. The van der Waals surface area contributed by atoms with Crippen molar-refractivity contribution < 1.29 is 4.79 Å². The lowest BCUT2D eigenvalue weighted by atomic mass is 9.48. The number of nitrogens with one attached hydrogen (secondary N) is 2. The number of allylic oxidation sites excluding steroid dienone is 1. The third-order valence-corrected chi connectivity index (χ3v) is 6.98. The van der Waals surface area contributed by atoms with Gasteiger partial charge in [0.05, 0.1) is 6.54 Å². The molecule has 0 radical (unpaired) electrons. The highest BCUT2D eigenvalue weighted by Crippen LogP contribution is 2.62. The lowest BCUT2D eigenvalue weighted by Crippen LogP contribution is -2.46. The summed E-state index contributed by atoms with van der Waals surface area (Å²) in [6.45, 7) is 2.57. The Bertz CT molecular complexity index is 709. The normalized spacial score (nSPS) is 34.6. The van der Waals surface area contributed by atoms with Crippen molar-refractivity contribution in [2.45, 2.75) is 52.0 Å². The highest BCUT2D eigenvalue weighted by molar-refractivity contribution is 7.71. The molecule has 0 aromatic carbocycles. The van der Waals surface area contributed by atoms with Crippen LogP contribution in [0.1, 0.15) is 51.3 Å². The molecule has 24 heavy (non-hydrogen) atoms. The second-order valence-corrected chi connectivity index (χ2v) is 8.63. The minimum Gasteiger partial charge on any atom is -0.345 e. The predicted octanol–water partition coefficient (Wildman–Crippen LogP) is 3.26. The van der Waals surface area contributed by atoms with Crippen molar-refractivity contribution in [2.75, 3.05) is 0 Å². The third kappa shape index (κ3) is 2.75. The maximum absolute atomic E-state index is 12.4. The van der Waals surface area contributed by atoms with E-state index in [0.717, 1.165) is 23.6 Å². The first-order valence-electron chi connectivity index (χ1n) is 9.02. The van der Waals surface area contributed by atoms with Crippen LogP contribution in [0.15, 0.2) is 11.6 Å². The molecule has 1 heterocycles. The van der Waals surface area contributed by atoms with E-state index in [2.05, 4.69) is 22.4 Å². The standard InChI is InChI=1S/C18H26N4OS/c1-11(3-16(23)19-10-15-20-21-17(24)22(15)2)18-7-12-4-13(8-18)6-14(5-12)9-18/h3,12-14H,4-10H2,1-2H3,(H,19,23)(H,21,24)/b11-3-. The van der Waals surface area contributed by atoms with Gasteiger partial charge in [0.1, 0.15) is 0 Å². The number of carbonyl (C=O) groups excluding carboxylic acids is 1. The van der Waals surface area contributed by atoms with Gasteiger partial charge in [-0.15, -0.1) is 0 Å². The van der Waals surface area contributed by atoms with E-state index >= 15 is 0 Å². The van der Waals surface area contributed by atoms with Gasteiger partial charge in [0.25, 0.3) is 0 Å². The van der Waals surface area contributed by atoms with E-state index in [1.54, 1.807) is 4.57 Å². The van der Waals surface area contributed by atoms with E-state index in [-0.39, 0.29) is 5.91 Å². The molecular weight excluding hydrogens is 320 g/mol. The minimum absolute atomic E-state index is 0.0165. The number of hydrogen-bond donors (Lipinski definition) is 2. The van der Waals surface area contributed by atoms with Crippen molar-refractivity contribution >= 4 is 18.1 Å². The number of nitrogens with zero attached hydrogens (tertiary/aromatic N) is 2. The van der Waals surface area contributed by atoms with Crippen molar-refractivity contribution in [1.82, 2.24) is 20.1 Å². The fourth-order valence-corrected chi connectivity index (χ4v) is 5.85. The van der Waals surface area contributed by atoms with Gasteiger partial charge in [-0.3, -0.25) is 9.89 Å². The van der Waals surface area contributed by atoms with Crippen molar-refractivity contribution in [2.24, 2.45) is 30.2 Å². The Morgan fingerprint density at radius 2 is 1.92 bits per heavy atom. The summed E-state index contributed by atoms with van der Waals surface area (Å²) in [7, 11) is 1.85. The monoisotopic (exact) mass is 346 g/mol. The smallest absolute Gasteiger partial charge is 0.244 e. The number of aromatic amines is 1. The van der Waals surface area contributed by atoms with Crippen LogP contribution in [0.4, 0.5) is 0 Å². The molecule has 0 unspecified atom stereocenters. The van der Waals surface area contributed by atoms with Crippen LogP contribution in [0, 0.1) is 27.9 Å². The average Bonchev–Trinajstić information content (AvgIpc) is 2.83. The highest BCUT2D eigenvalue weighted by Gasteiger charge is 2.51. The Morgan fingerprint density at radius 3 is 2.42 bits per heavy atom. The van der Waals surface area contributed by atoms with Gasteiger partial charge in [0.2, 0.25) is 5.91 Å². The van der Waals surface area contributed by atoms with Crippen LogP contribution in [0.25, 0.3) is 0 Å². The third-order valence-electron chi connectivity index (χ3n) is 6.62. The fraction of sp³-hybridized carbons (Fsp3) is 0.722. The molecule has 1 amide bonds. The molecule has 5 nitrogen and oxygen atoms in total. The maximum Gasteiger partial charge on any atom is 0.244 e. The van der Waals surface area contributed by atoms with Gasteiger partial charge in [0, 0.05) is 13.1 Å². The fourth-order valence-electron chi connectivity index (χ4n) is 5.70. The first kappa shape index (κ1) is 16.1. The molecule has 0 saturated heterocycles. The molecule has 4 aliphatic rings. The molecule has 2 N–H and O–H groups in total. The second kappa shape index (κ2) is 5.83. The SMILES string of the molecule is C/C(=C/C(=O)NCc1n[nH]c(=S)n1C)C12CC3CC(CC(C3)C1)C2. The van der Waals surface area contributed by atoms with Gasteiger partial charge in [-0.2, -0.15) is 5.10 Å². The van der Waals surface area contributed by atoms with Gasteiger partial charge in [-0.25, -0.2) is 0 Å². The molecule has 0 aliphatic heterocycles. The zero-order valence-corrected chi connectivity index (χ0v) is 15.3. The molecule has 1 aromatic rings. The number of rotatable bonds is 4. The predicted molar refractivity (Wildman–Crippen MR) is 94.6 cm³/mol. The van der Waals surface area contributed by atoms with E-state index in [0.29, 0.717) is 16.7 Å². The summed E-state index contributed by atoms with van der Waals surface area (Å²) >= 11 is 5.09. The molecule has 4 bridgehead atoms. The maximum atomic E-state index is 12.4. The van der Waals surface area contributed by atoms with E-state index < -0.39 is 0 Å². The van der Waals surface area contributed by atoms with Crippen molar-refractivity contribution in [3.05, 3.63) is 22.2 Å². The number of amides is 1. The molecule has 5 rings (SSSR count). The summed E-state index contributed by atoms with van der Waals surface area (Å²) in [5.74, 6) is 3.43. The quantitative estimate of drug-likeness (QED) is 0.650. The Hall–Kier alpha value is -1.43. The summed E-state index contributed by atoms with van der Waals surface area (Å²) < 4.78 is 2.35.